The van der Waals surface area contributed by atoms with Crippen molar-refractivity contribution in [3.05, 3.63) is 35.9 Å². The highest BCUT2D eigenvalue weighted by Gasteiger charge is 2.29. The summed E-state index contributed by atoms with van der Waals surface area (Å²) in [6.45, 7) is 6.50. The molecule has 3 N–H and O–H groups in total. The van der Waals surface area contributed by atoms with Crippen molar-refractivity contribution in [2.45, 2.75) is 32.2 Å². The molecule has 1 heterocycles. The fraction of sp³-hybridized carbons (Fsp3) is 0.529. The normalized spacial score (nSPS) is 20.8. The van der Waals surface area contributed by atoms with Gasteiger partial charge in [0.25, 0.3) is 11.8 Å². The number of piperazine rings is 1. The molecule has 0 aromatic heterocycles. The van der Waals surface area contributed by atoms with Gasteiger partial charge in [-0.1, -0.05) is 37.3 Å². The van der Waals surface area contributed by atoms with Gasteiger partial charge in [-0.15, -0.1) is 0 Å². The molecule has 0 radical (unpaired) electrons. The molecule has 1 aliphatic heterocycles. The third-order valence-electron chi connectivity index (χ3n) is 4.45. The maximum Gasteiger partial charge on any atom is 0.278 e. The lowest BCUT2D eigenvalue weighted by atomic mass is 9.96. The van der Waals surface area contributed by atoms with Crippen molar-refractivity contribution in [2.75, 3.05) is 26.2 Å². The molecule has 1 aromatic rings. The first kappa shape index (κ1) is 16.5. The van der Waals surface area contributed by atoms with E-state index in [1.165, 1.54) is 5.56 Å². The summed E-state index contributed by atoms with van der Waals surface area (Å²) in [5, 5.41) is 5.85. The first-order valence-electron chi connectivity index (χ1n) is 8.05. The Bertz CT molecular complexity index is 504. The van der Waals surface area contributed by atoms with E-state index in [1.54, 1.807) is 0 Å². The molecule has 3 atom stereocenters. The highest BCUT2D eigenvalue weighted by molar-refractivity contribution is 5.81. The Balaban J connectivity index is 1.87. The van der Waals surface area contributed by atoms with Gasteiger partial charge in [0.15, 0.2) is 12.6 Å². The Labute approximate surface area is 132 Å². The van der Waals surface area contributed by atoms with Crippen LogP contribution in [0.5, 0.6) is 0 Å². The largest absolute Gasteiger partial charge is 0.350 e. The predicted molar refractivity (Wildman–Crippen MR) is 85.7 cm³/mol. The molecule has 0 saturated carbocycles. The minimum absolute atomic E-state index is 0.0246. The van der Waals surface area contributed by atoms with Crippen LogP contribution in [0.15, 0.2) is 30.3 Å². The highest BCUT2D eigenvalue weighted by Crippen LogP contribution is 2.17. The average molecular weight is 304 g/mol. The molecule has 120 valence electrons. The molecule has 2 amide bonds. The van der Waals surface area contributed by atoms with Crippen LogP contribution in [0.4, 0.5) is 0 Å². The van der Waals surface area contributed by atoms with Crippen molar-refractivity contribution in [1.82, 2.24) is 10.6 Å². The third kappa shape index (κ3) is 4.31. The van der Waals surface area contributed by atoms with Gasteiger partial charge in [0.2, 0.25) is 0 Å². The van der Waals surface area contributed by atoms with Gasteiger partial charge in [-0.2, -0.15) is 0 Å². The van der Waals surface area contributed by atoms with Crippen LogP contribution in [0, 0.1) is 0 Å². The fourth-order valence-corrected chi connectivity index (χ4v) is 2.87. The molecule has 5 heteroatoms. The van der Waals surface area contributed by atoms with Crippen LogP contribution in [0.2, 0.25) is 0 Å². The quantitative estimate of drug-likeness (QED) is 0.676. The van der Waals surface area contributed by atoms with Crippen LogP contribution in [0.1, 0.15) is 31.7 Å². The van der Waals surface area contributed by atoms with Crippen LogP contribution in [-0.2, 0) is 9.59 Å². The number of rotatable bonds is 6. The lowest BCUT2D eigenvalue weighted by molar-refractivity contribution is -0.907. The number of quaternary nitrogens is 1. The van der Waals surface area contributed by atoms with Crippen molar-refractivity contribution in [3.8, 4) is 0 Å². The van der Waals surface area contributed by atoms with Crippen molar-refractivity contribution < 1.29 is 14.5 Å². The second-order valence-electron chi connectivity index (χ2n) is 5.92. The summed E-state index contributed by atoms with van der Waals surface area (Å²) in [5.74, 6) is 0.382. The average Bonchev–Trinajstić information content (AvgIpc) is 2.55. The van der Waals surface area contributed by atoms with E-state index >= 15 is 0 Å². The molecule has 1 unspecified atom stereocenters. The van der Waals surface area contributed by atoms with Gasteiger partial charge in [0.05, 0.1) is 13.1 Å². The topological polar surface area (TPSA) is 62.6 Å². The molecule has 5 nitrogen and oxygen atoms in total. The zero-order chi connectivity index (χ0) is 15.9. The summed E-state index contributed by atoms with van der Waals surface area (Å²) < 4.78 is 0. The second kappa shape index (κ2) is 7.94. The lowest BCUT2D eigenvalue weighted by Gasteiger charge is -2.28. The fourth-order valence-electron chi connectivity index (χ4n) is 2.87. The van der Waals surface area contributed by atoms with Gasteiger partial charge in [-0.05, 0) is 18.9 Å². The number of hydrogen-bond acceptors (Lipinski definition) is 2. The SMILES string of the molecule is CC[C@H](CNC(=O)[C@H](C)[NH+]1CCNC(=O)C1)c1ccccc1. The monoisotopic (exact) mass is 304 g/mol. The number of benzene rings is 1. The maximum absolute atomic E-state index is 12.3. The number of hydrogen-bond donors (Lipinski definition) is 3. The summed E-state index contributed by atoms with van der Waals surface area (Å²) in [6, 6.07) is 10.1. The Kier molecular flexibility index (Phi) is 5.95. The van der Waals surface area contributed by atoms with E-state index < -0.39 is 0 Å². The maximum atomic E-state index is 12.3. The van der Waals surface area contributed by atoms with Crippen LogP contribution < -0.4 is 15.5 Å². The van der Waals surface area contributed by atoms with E-state index in [0.29, 0.717) is 25.6 Å². The predicted octanol–water partition coefficient (Wildman–Crippen LogP) is -0.300. The first-order valence-corrected chi connectivity index (χ1v) is 8.05. The summed E-state index contributed by atoms with van der Waals surface area (Å²) >= 11 is 0. The Morgan fingerprint density at radius 1 is 1.36 bits per heavy atom. The van der Waals surface area contributed by atoms with E-state index in [9.17, 15) is 9.59 Å². The summed E-state index contributed by atoms with van der Waals surface area (Å²) in [4.78, 5) is 24.8. The third-order valence-corrected chi connectivity index (χ3v) is 4.45. The molecule has 1 saturated heterocycles. The second-order valence-corrected chi connectivity index (χ2v) is 5.92. The molecule has 0 bridgehead atoms. The van der Waals surface area contributed by atoms with Crippen molar-refractivity contribution in [2.24, 2.45) is 0 Å². The van der Waals surface area contributed by atoms with Crippen LogP contribution in [0.3, 0.4) is 0 Å². The molecule has 1 fully saturated rings. The van der Waals surface area contributed by atoms with Gasteiger partial charge < -0.3 is 15.5 Å². The smallest absolute Gasteiger partial charge is 0.278 e. The number of carbonyl (C=O) groups is 2. The zero-order valence-electron chi connectivity index (χ0n) is 13.4. The first-order chi connectivity index (χ1) is 10.6. The number of nitrogens with one attached hydrogen (secondary N) is 3. The zero-order valence-corrected chi connectivity index (χ0v) is 13.4. The van der Waals surface area contributed by atoms with Gasteiger partial charge in [-0.25, -0.2) is 0 Å². The molecule has 2 rings (SSSR count). The van der Waals surface area contributed by atoms with Crippen LogP contribution in [-0.4, -0.2) is 44.0 Å². The number of amides is 2. The van der Waals surface area contributed by atoms with Crippen molar-refractivity contribution >= 4 is 11.8 Å². The van der Waals surface area contributed by atoms with Crippen LogP contribution in [0.25, 0.3) is 0 Å². The van der Waals surface area contributed by atoms with E-state index in [2.05, 4.69) is 29.7 Å². The molecule has 22 heavy (non-hydrogen) atoms. The van der Waals surface area contributed by atoms with Crippen LogP contribution >= 0.6 is 0 Å². The molecule has 1 aromatic carbocycles. The lowest BCUT2D eigenvalue weighted by Crippen LogP contribution is -3.19. The number of carbonyl (C=O) groups excluding carboxylic acids is 2. The molecule has 0 aliphatic carbocycles. The van der Waals surface area contributed by atoms with Gasteiger partial charge in [0, 0.05) is 12.5 Å². The van der Waals surface area contributed by atoms with Gasteiger partial charge >= 0.3 is 0 Å². The Morgan fingerprint density at radius 3 is 2.73 bits per heavy atom. The van der Waals surface area contributed by atoms with Gasteiger partial charge in [-0.3, -0.25) is 9.59 Å². The summed E-state index contributed by atoms with van der Waals surface area (Å²) in [7, 11) is 0. The molecular weight excluding hydrogens is 278 g/mol. The van der Waals surface area contributed by atoms with E-state index in [0.717, 1.165) is 17.9 Å². The standard InChI is InChI=1S/C17H25N3O2/c1-3-14(15-7-5-4-6-8-15)11-19-17(22)13(2)20-10-9-18-16(21)12-20/h4-8,13-14H,3,9-12H2,1-2H3,(H,18,21)(H,19,22)/p+1/t13-,14+/m0/s1. The van der Waals surface area contributed by atoms with E-state index in [-0.39, 0.29) is 17.9 Å². The molecule has 0 spiro atoms. The summed E-state index contributed by atoms with van der Waals surface area (Å²) in [6.07, 6.45) is 0.984. The Hall–Kier alpha value is -1.88. The summed E-state index contributed by atoms with van der Waals surface area (Å²) in [5.41, 5.74) is 1.25. The van der Waals surface area contributed by atoms with Crippen molar-refractivity contribution in [3.63, 3.8) is 0 Å². The highest BCUT2D eigenvalue weighted by atomic mass is 16.2. The van der Waals surface area contributed by atoms with E-state index in [1.807, 2.05) is 25.1 Å². The van der Waals surface area contributed by atoms with E-state index in [4.69, 9.17) is 0 Å². The minimum Gasteiger partial charge on any atom is -0.350 e. The minimum atomic E-state index is -0.195. The Morgan fingerprint density at radius 2 is 2.09 bits per heavy atom. The van der Waals surface area contributed by atoms with Crippen molar-refractivity contribution in [1.29, 1.82) is 0 Å². The molecular formula is C17H26N3O2+. The molecule has 1 aliphatic rings. The van der Waals surface area contributed by atoms with Gasteiger partial charge in [0.1, 0.15) is 0 Å².